The lowest BCUT2D eigenvalue weighted by molar-refractivity contribution is 0.0473. The average Bonchev–Trinajstić information content (AvgIpc) is 2.68. The molecule has 0 aliphatic carbocycles. The Labute approximate surface area is 166 Å². The second-order valence-electron chi connectivity index (χ2n) is 8.05. The van der Waals surface area contributed by atoms with Gasteiger partial charge in [0.25, 0.3) is 0 Å². The highest BCUT2D eigenvalue weighted by atomic mass is 19.1. The van der Waals surface area contributed by atoms with Crippen LogP contribution in [-0.4, -0.2) is 5.97 Å². The quantitative estimate of drug-likeness (QED) is 0.489. The molecule has 3 rings (SSSR count). The molecular weight excluding hydrogens is 351 g/mol. The Hall–Kier alpha value is -2.94. The van der Waals surface area contributed by atoms with Crippen molar-refractivity contribution in [2.24, 2.45) is 0 Å². The Bertz CT molecular complexity index is 985. The molecule has 0 fully saturated rings. The standard InChI is InChI=1S/C25H25FO2/c1-17-13-21(15-22(23(17)26)25(2,3)4)19-11-8-12-20(14-19)24(27)28-16-18-9-6-5-7-10-18/h5-15H,16H2,1-4H3. The zero-order valence-electron chi connectivity index (χ0n) is 16.8. The molecule has 0 unspecified atom stereocenters. The van der Waals surface area contributed by atoms with Gasteiger partial charge in [0.2, 0.25) is 0 Å². The van der Waals surface area contributed by atoms with Gasteiger partial charge in [-0.2, -0.15) is 0 Å². The zero-order valence-corrected chi connectivity index (χ0v) is 16.8. The molecule has 144 valence electrons. The highest BCUT2D eigenvalue weighted by molar-refractivity contribution is 5.91. The third kappa shape index (κ3) is 4.48. The van der Waals surface area contributed by atoms with Crippen LogP contribution in [0.25, 0.3) is 11.1 Å². The fourth-order valence-corrected chi connectivity index (χ4v) is 3.11. The molecule has 2 nitrogen and oxygen atoms in total. The number of aryl methyl sites for hydroxylation is 1. The number of esters is 1. The maximum Gasteiger partial charge on any atom is 0.338 e. The number of carbonyl (C=O) groups excluding carboxylic acids is 1. The fourth-order valence-electron chi connectivity index (χ4n) is 3.11. The van der Waals surface area contributed by atoms with E-state index >= 15 is 0 Å². The summed E-state index contributed by atoms with van der Waals surface area (Å²) in [6.45, 7) is 7.98. The lowest BCUT2D eigenvalue weighted by Gasteiger charge is -2.22. The van der Waals surface area contributed by atoms with E-state index in [4.69, 9.17) is 4.74 Å². The third-order valence-corrected chi connectivity index (χ3v) is 4.71. The van der Waals surface area contributed by atoms with E-state index in [9.17, 15) is 9.18 Å². The van der Waals surface area contributed by atoms with E-state index in [1.165, 1.54) is 0 Å². The molecule has 0 atom stereocenters. The monoisotopic (exact) mass is 376 g/mol. The van der Waals surface area contributed by atoms with Gasteiger partial charge >= 0.3 is 5.97 Å². The molecule has 0 spiro atoms. The number of halogens is 1. The summed E-state index contributed by atoms with van der Waals surface area (Å²) >= 11 is 0. The Morgan fingerprint density at radius 1 is 0.929 bits per heavy atom. The van der Waals surface area contributed by atoms with Crippen molar-refractivity contribution < 1.29 is 13.9 Å². The van der Waals surface area contributed by atoms with Crippen LogP contribution in [0.2, 0.25) is 0 Å². The molecule has 0 aliphatic heterocycles. The van der Waals surface area contributed by atoms with E-state index < -0.39 is 0 Å². The first-order valence-corrected chi connectivity index (χ1v) is 9.38. The summed E-state index contributed by atoms with van der Waals surface area (Å²) in [6, 6.07) is 20.5. The smallest absolute Gasteiger partial charge is 0.338 e. The van der Waals surface area contributed by atoms with Crippen LogP contribution >= 0.6 is 0 Å². The molecule has 0 bridgehead atoms. The number of hydrogen-bond donors (Lipinski definition) is 0. The summed E-state index contributed by atoms with van der Waals surface area (Å²) in [4.78, 5) is 12.5. The van der Waals surface area contributed by atoms with E-state index in [2.05, 4.69) is 0 Å². The van der Waals surface area contributed by atoms with E-state index in [1.807, 2.05) is 75.4 Å². The van der Waals surface area contributed by atoms with E-state index in [0.717, 1.165) is 16.7 Å². The first-order chi connectivity index (χ1) is 13.3. The van der Waals surface area contributed by atoms with Crippen molar-refractivity contribution in [3.05, 3.63) is 94.8 Å². The van der Waals surface area contributed by atoms with Crippen molar-refractivity contribution in [2.45, 2.75) is 39.7 Å². The van der Waals surface area contributed by atoms with Crippen molar-refractivity contribution in [3.63, 3.8) is 0 Å². The van der Waals surface area contributed by atoms with Crippen LogP contribution in [0.15, 0.2) is 66.7 Å². The van der Waals surface area contributed by atoms with Crippen molar-refractivity contribution in [3.8, 4) is 11.1 Å². The topological polar surface area (TPSA) is 26.3 Å². The lowest BCUT2D eigenvalue weighted by atomic mass is 9.83. The average molecular weight is 376 g/mol. The molecular formula is C25H25FO2. The fraction of sp³-hybridized carbons (Fsp3) is 0.240. The first kappa shape index (κ1) is 19.8. The van der Waals surface area contributed by atoms with Crippen LogP contribution in [0.1, 0.15) is 47.8 Å². The van der Waals surface area contributed by atoms with Gasteiger partial charge in [0, 0.05) is 0 Å². The molecule has 0 saturated heterocycles. The van der Waals surface area contributed by atoms with Crippen molar-refractivity contribution in [2.75, 3.05) is 0 Å². The minimum Gasteiger partial charge on any atom is -0.457 e. The molecule has 28 heavy (non-hydrogen) atoms. The normalized spacial score (nSPS) is 11.3. The van der Waals surface area contributed by atoms with Gasteiger partial charge in [-0.1, -0.05) is 63.2 Å². The van der Waals surface area contributed by atoms with Crippen molar-refractivity contribution in [1.82, 2.24) is 0 Å². The van der Waals surface area contributed by atoms with Crippen molar-refractivity contribution >= 4 is 5.97 Å². The molecule has 0 radical (unpaired) electrons. The summed E-state index contributed by atoms with van der Waals surface area (Å²) < 4.78 is 20.0. The van der Waals surface area contributed by atoms with Gasteiger partial charge in [-0.15, -0.1) is 0 Å². The number of carbonyl (C=O) groups is 1. The second-order valence-corrected chi connectivity index (χ2v) is 8.05. The zero-order chi connectivity index (χ0) is 20.3. The number of rotatable bonds is 4. The number of hydrogen-bond acceptors (Lipinski definition) is 2. The summed E-state index contributed by atoms with van der Waals surface area (Å²) in [5.74, 6) is -0.546. The molecule has 3 heteroatoms. The molecule has 3 aromatic rings. The minimum atomic E-state index is -0.374. The largest absolute Gasteiger partial charge is 0.457 e. The van der Waals surface area contributed by atoms with E-state index in [0.29, 0.717) is 16.7 Å². The Morgan fingerprint density at radius 2 is 1.64 bits per heavy atom. The molecule has 0 amide bonds. The maximum absolute atomic E-state index is 14.6. The lowest BCUT2D eigenvalue weighted by Crippen LogP contribution is -2.14. The molecule has 3 aromatic carbocycles. The third-order valence-electron chi connectivity index (χ3n) is 4.71. The maximum atomic E-state index is 14.6. The van der Waals surface area contributed by atoms with E-state index in [-0.39, 0.29) is 23.8 Å². The first-order valence-electron chi connectivity index (χ1n) is 9.38. The molecule has 0 saturated carbocycles. The van der Waals surface area contributed by atoms with Gasteiger partial charge in [-0.25, -0.2) is 9.18 Å². The summed E-state index contributed by atoms with van der Waals surface area (Å²) in [6.07, 6.45) is 0. The van der Waals surface area contributed by atoms with Crippen molar-refractivity contribution in [1.29, 1.82) is 0 Å². The van der Waals surface area contributed by atoms with Gasteiger partial charge in [-0.05, 0) is 64.4 Å². The van der Waals surface area contributed by atoms with Crippen LogP contribution in [0, 0.1) is 12.7 Å². The van der Waals surface area contributed by atoms with Crippen LogP contribution in [0.5, 0.6) is 0 Å². The molecule has 0 N–H and O–H groups in total. The van der Waals surface area contributed by atoms with Gasteiger partial charge in [-0.3, -0.25) is 0 Å². The predicted molar refractivity (Wildman–Crippen MR) is 111 cm³/mol. The minimum absolute atomic E-state index is 0.172. The van der Waals surface area contributed by atoms with E-state index in [1.54, 1.807) is 19.1 Å². The van der Waals surface area contributed by atoms with Crippen LogP contribution in [0.4, 0.5) is 4.39 Å². The second kappa shape index (κ2) is 7.97. The number of ether oxygens (including phenoxy) is 1. The SMILES string of the molecule is Cc1cc(-c2cccc(C(=O)OCc3ccccc3)c2)cc(C(C)(C)C)c1F. The van der Waals surface area contributed by atoms with Crippen LogP contribution < -0.4 is 0 Å². The summed E-state index contributed by atoms with van der Waals surface area (Å²) in [7, 11) is 0. The molecule has 0 aliphatic rings. The van der Waals surface area contributed by atoms with Crippen LogP contribution in [0.3, 0.4) is 0 Å². The summed E-state index contributed by atoms with van der Waals surface area (Å²) in [5.41, 5.74) is 4.13. The van der Waals surface area contributed by atoms with Gasteiger partial charge in [0.05, 0.1) is 5.56 Å². The predicted octanol–water partition coefficient (Wildman–Crippen LogP) is 6.46. The van der Waals surface area contributed by atoms with Gasteiger partial charge in [0.15, 0.2) is 0 Å². The highest BCUT2D eigenvalue weighted by Gasteiger charge is 2.21. The highest BCUT2D eigenvalue weighted by Crippen LogP contribution is 2.32. The number of benzene rings is 3. The Balaban J connectivity index is 1.87. The summed E-state index contributed by atoms with van der Waals surface area (Å²) in [5, 5.41) is 0. The molecule has 0 heterocycles. The Kier molecular flexibility index (Phi) is 5.64. The Morgan fingerprint density at radius 3 is 2.32 bits per heavy atom. The van der Waals surface area contributed by atoms with Gasteiger partial charge in [0.1, 0.15) is 12.4 Å². The molecule has 0 aromatic heterocycles. The van der Waals surface area contributed by atoms with Crippen LogP contribution in [-0.2, 0) is 16.8 Å². The van der Waals surface area contributed by atoms with Gasteiger partial charge < -0.3 is 4.74 Å².